The first-order valence-electron chi connectivity index (χ1n) is 6.21. The van der Waals surface area contributed by atoms with Gasteiger partial charge in [-0.25, -0.2) is 4.79 Å². The van der Waals surface area contributed by atoms with Gasteiger partial charge in [0.2, 0.25) is 0 Å². The lowest BCUT2D eigenvalue weighted by Crippen LogP contribution is -2.23. The molecule has 0 radical (unpaired) electrons. The van der Waals surface area contributed by atoms with E-state index in [9.17, 15) is 14.7 Å². The van der Waals surface area contributed by atoms with Gasteiger partial charge in [-0.15, -0.1) is 0 Å². The van der Waals surface area contributed by atoms with Gasteiger partial charge in [0, 0.05) is 5.57 Å². The van der Waals surface area contributed by atoms with Gasteiger partial charge in [-0.2, -0.15) is 0 Å². The number of carboxylic acids is 2. The Balaban J connectivity index is 0. The summed E-state index contributed by atoms with van der Waals surface area (Å²) in [6, 6.07) is 10.0. The highest BCUT2D eigenvalue weighted by Gasteiger charge is 1.90. The molecule has 21 heavy (non-hydrogen) atoms. The van der Waals surface area contributed by atoms with E-state index in [0.717, 1.165) is 0 Å². The van der Waals surface area contributed by atoms with Crippen LogP contribution in [0.15, 0.2) is 61.2 Å². The van der Waals surface area contributed by atoms with Crippen LogP contribution in [0.5, 0.6) is 0 Å². The second-order valence-electron chi connectivity index (χ2n) is 3.94. The average molecular weight is 289 g/mol. The highest BCUT2D eigenvalue weighted by atomic mass is 16.4. The number of carbonyl (C=O) groups excluding carboxylic acids is 1. The van der Waals surface area contributed by atoms with Crippen LogP contribution in [0.1, 0.15) is 25.8 Å². The summed E-state index contributed by atoms with van der Waals surface area (Å²) >= 11 is 0. The third-order valence-electron chi connectivity index (χ3n) is 2.12. The zero-order chi connectivity index (χ0) is 16.8. The van der Waals surface area contributed by atoms with Crippen molar-refractivity contribution in [3.8, 4) is 0 Å². The van der Waals surface area contributed by atoms with Crippen molar-refractivity contribution in [3.63, 3.8) is 0 Å². The molecule has 0 amide bonds. The summed E-state index contributed by atoms with van der Waals surface area (Å²) in [6.45, 7) is 13.2. The van der Waals surface area contributed by atoms with Gasteiger partial charge in [0.15, 0.2) is 0 Å². The first kappa shape index (κ1) is 20.7. The SMILES string of the molecule is C=C(C)C(=O)O.C=C(CC)C(=O)[O-].C=Cc1ccccc1. The molecule has 0 aromatic heterocycles. The van der Waals surface area contributed by atoms with Crippen molar-refractivity contribution >= 4 is 18.0 Å². The normalized spacial score (nSPS) is 8.10. The topological polar surface area (TPSA) is 77.4 Å². The Hall–Kier alpha value is -2.62. The van der Waals surface area contributed by atoms with E-state index < -0.39 is 11.9 Å². The minimum atomic E-state index is -1.15. The number of benzene rings is 1. The molecule has 0 saturated carbocycles. The lowest BCUT2D eigenvalue weighted by molar-refractivity contribution is -0.299. The number of carboxylic acid groups (broad SMARTS) is 2. The van der Waals surface area contributed by atoms with Gasteiger partial charge in [-0.1, -0.05) is 63.1 Å². The molecule has 0 aliphatic heterocycles. The standard InChI is InChI=1S/C8H8.C5H8O2.C4H6O2/c1-2-8-6-4-3-5-7-8;1-3-4(2)5(6)7;1-3(2)4(5)6/h2-7H,1H2;2-3H2,1H3,(H,6,7);1H2,2H3,(H,5,6)/p-1. The fraction of sp³-hybridized carbons (Fsp3) is 0.176. The summed E-state index contributed by atoms with van der Waals surface area (Å²) in [4.78, 5) is 19.3. The van der Waals surface area contributed by atoms with Gasteiger partial charge in [-0.3, -0.25) is 0 Å². The molecule has 0 spiro atoms. The molecule has 0 atom stereocenters. The van der Waals surface area contributed by atoms with Gasteiger partial charge >= 0.3 is 5.97 Å². The second-order valence-corrected chi connectivity index (χ2v) is 3.94. The highest BCUT2D eigenvalue weighted by molar-refractivity contribution is 5.84. The summed E-state index contributed by atoms with van der Waals surface area (Å²) in [5, 5.41) is 17.6. The first-order valence-corrected chi connectivity index (χ1v) is 6.21. The van der Waals surface area contributed by atoms with Crippen molar-refractivity contribution in [3.05, 3.63) is 66.8 Å². The van der Waals surface area contributed by atoms with Crippen molar-refractivity contribution in [1.29, 1.82) is 0 Å². The van der Waals surface area contributed by atoms with E-state index in [2.05, 4.69) is 19.7 Å². The molecule has 0 aliphatic rings. The molecule has 1 rings (SSSR count). The summed E-state index contributed by atoms with van der Waals surface area (Å²) < 4.78 is 0. The lowest BCUT2D eigenvalue weighted by atomic mass is 10.2. The predicted octanol–water partition coefficient (Wildman–Crippen LogP) is 2.68. The smallest absolute Gasteiger partial charge is 0.330 e. The van der Waals surface area contributed by atoms with E-state index in [-0.39, 0.29) is 11.1 Å². The Bertz CT molecular complexity index is 475. The Morgan fingerprint density at radius 2 is 1.67 bits per heavy atom. The molecule has 4 nitrogen and oxygen atoms in total. The fourth-order valence-corrected chi connectivity index (χ4v) is 0.733. The first-order chi connectivity index (χ1) is 9.76. The Morgan fingerprint density at radius 3 is 1.81 bits per heavy atom. The van der Waals surface area contributed by atoms with Crippen LogP contribution < -0.4 is 5.11 Å². The maximum absolute atomic E-state index is 9.72. The van der Waals surface area contributed by atoms with Crippen molar-refractivity contribution in [2.75, 3.05) is 0 Å². The molecule has 1 aromatic rings. The summed E-state index contributed by atoms with van der Waals surface area (Å²) in [7, 11) is 0. The third kappa shape index (κ3) is 13.6. The monoisotopic (exact) mass is 289 g/mol. The second kappa shape index (κ2) is 12.4. The molecule has 0 aliphatic carbocycles. The van der Waals surface area contributed by atoms with Crippen molar-refractivity contribution in [2.45, 2.75) is 20.3 Å². The van der Waals surface area contributed by atoms with Gasteiger partial charge in [0.05, 0.1) is 5.97 Å². The van der Waals surface area contributed by atoms with Crippen molar-refractivity contribution in [1.82, 2.24) is 0 Å². The third-order valence-corrected chi connectivity index (χ3v) is 2.12. The van der Waals surface area contributed by atoms with Crippen LogP contribution in [0, 0.1) is 0 Å². The van der Waals surface area contributed by atoms with Gasteiger partial charge < -0.3 is 15.0 Å². The highest BCUT2D eigenvalue weighted by Crippen LogP contribution is 1.97. The molecule has 0 fully saturated rings. The molecule has 1 N–H and O–H groups in total. The van der Waals surface area contributed by atoms with Crippen LogP contribution in [0.2, 0.25) is 0 Å². The quantitative estimate of drug-likeness (QED) is 0.864. The Labute approximate surface area is 125 Å². The average Bonchev–Trinajstić information content (AvgIpc) is 2.48. The van der Waals surface area contributed by atoms with E-state index in [4.69, 9.17) is 5.11 Å². The van der Waals surface area contributed by atoms with Crippen molar-refractivity contribution < 1.29 is 19.8 Å². The van der Waals surface area contributed by atoms with Gasteiger partial charge in [0.1, 0.15) is 0 Å². The molecule has 4 heteroatoms. The molecule has 114 valence electrons. The molecule has 0 saturated heterocycles. The van der Waals surface area contributed by atoms with Crippen LogP contribution in [-0.4, -0.2) is 17.0 Å². The van der Waals surface area contributed by atoms with E-state index in [1.807, 2.05) is 36.4 Å². The van der Waals surface area contributed by atoms with Crippen molar-refractivity contribution in [2.24, 2.45) is 0 Å². The number of hydrogen-bond acceptors (Lipinski definition) is 3. The summed E-state index contributed by atoms with van der Waals surface area (Å²) in [5.41, 5.74) is 1.50. The van der Waals surface area contributed by atoms with Gasteiger partial charge in [0.25, 0.3) is 0 Å². The van der Waals surface area contributed by atoms with Gasteiger partial charge in [-0.05, 0) is 24.5 Å². The summed E-state index contributed by atoms with van der Waals surface area (Å²) in [5.74, 6) is -2.09. The number of carbonyl (C=O) groups is 2. The zero-order valence-electron chi connectivity index (χ0n) is 12.5. The Kier molecular flexibility index (Phi) is 12.2. The molecule has 0 heterocycles. The molecule has 0 bridgehead atoms. The van der Waals surface area contributed by atoms with Crippen LogP contribution >= 0.6 is 0 Å². The largest absolute Gasteiger partial charge is 0.545 e. The van der Waals surface area contributed by atoms with E-state index in [1.54, 1.807) is 6.92 Å². The summed E-state index contributed by atoms with van der Waals surface area (Å²) in [6.07, 6.45) is 2.29. The van der Waals surface area contributed by atoms with Crippen LogP contribution in [-0.2, 0) is 9.59 Å². The number of rotatable bonds is 4. The molecule has 0 unspecified atom stereocenters. The fourth-order valence-electron chi connectivity index (χ4n) is 0.733. The predicted molar refractivity (Wildman–Crippen MR) is 83.4 cm³/mol. The van der Waals surface area contributed by atoms with E-state index in [1.165, 1.54) is 12.5 Å². The number of hydrogen-bond donors (Lipinski definition) is 1. The molecular weight excluding hydrogens is 268 g/mol. The molecule has 1 aromatic carbocycles. The Morgan fingerprint density at radius 1 is 1.24 bits per heavy atom. The lowest BCUT2D eigenvalue weighted by Gasteiger charge is -1.98. The van der Waals surface area contributed by atoms with Crippen LogP contribution in [0.3, 0.4) is 0 Å². The molecular formula is C17H21O4-. The maximum atomic E-state index is 9.72. The van der Waals surface area contributed by atoms with E-state index in [0.29, 0.717) is 6.42 Å². The van der Waals surface area contributed by atoms with Crippen LogP contribution in [0.4, 0.5) is 0 Å². The van der Waals surface area contributed by atoms with E-state index >= 15 is 0 Å². The minimum Gasteiger partial charge on any atom is -0.545 e. The number of aliphatic carboxylic acids is 2. The zero-order valence-corrected chi connectivity index (χ0v) is 12.5. The maximum Gasteiger partial charge on any atom is 0.330 e. The van der Waals surface area contributed by atoms with Crippen LogP contribution in [0.25, 0.3) is 6.08 Å². The minimum absolute atomic E-state index is 0.153.